The van der Waals surface area contributed by atoms with E-state index in [2.05, 4.69) is 20.3 Å². The van der Waals surface area contributed by atoms with Crippen molar-refractivity contribution in [3.05, 3.63) is 30.1 Å². The van der Waals surface area contributed by atoms with E-state index >= 15 is 0 Å². The number of aromatic hydroxyl groups is 1. The molecule has 3 aliphatic rings. The molecule has 3 aliphatic heterocycles. The molecule has 0 aliphatic carbocycles. The van der Waals surface area contributed by atoms with Crippen molar-refractivity contribution in [3.63, 3.8) is 0 Å². The Bertz CT molecular complexity index is 911. The number of benzene rings is 1. The highest BCUT2D eigenvalue weighted by Gasteiger charge is 2.44. The number of hydrogen-bond acceptors (Lipinski definition) is 8. The summed E-state index contributed by atoms with van der Waals surface area (Å²) in [6.07, 6.45) is 5.32. The minimum atomic E-state index is -1.05. The molecule has 0 radical (unpaired) electrons. The molecule has 0 atom stereocenters. The summed E-state index contributed by atoms with van der Waals surface area (Å²) in [5.41, 5.74) is 3.35. The van der Waals surface area contributed by atoms with E-state index in [1.807, 2.05) is 0 Å². The van der Waals surface area contributed by atoms with Gasteiger partial charge >= 0.3 is 0 Å². The van der Waals surface area contributed by atoms with Crippen LogP contribution in [0.15, 0.2) is 18.5 Å². The smallest absolute Gasteiger partial charge is 0.195 e. The Morgan fingerprint density at radius 1 is 1.14 bits per heavy atom. The van der Waals surface area contributed by atoms with Crippen molar-refractivity contribution < 1.29 is 18.6 Å². The van der Waals surface area contributed by atoms with Gasteiger partial charge in [0.25, 0.3) is 0 Å². The third-order valence-corrected chi connectivity index (χ3v) is 5.73. The molecule has 4 heterocycles. The predicted molar refractivity (Wildman–Crippen MR) is 98.3 cm³/mol. The fourth-order valence-electron chi connectivity index (χ4n) is 4.17. The van der Waals surface area contributed by atoms with Crippen LogP contribution in [0.3, 0.4) is 0 Å². The van der Waals surface area contributed by atoms with E-state index in [4.69, 9.17) is 4.74 Å². The molecule has 2 saturated heterocycles. The SMILES string of the molecule is CN1Nc2cc(F)c(O)c(F)c2N1c1cnc(N2CC3(CCOCC3)C2)cn1. The Labute approximate surface area is 160 Å². The summed E-state index contributed by atoms with van der Waals surface area (Å²) < 4.78 is 33.5. The van der Waals surface area contributed by atoms with Gasteiger partial charge in [-0.15, -0.1) is 5.12 Å². The van der Waals surface area contributed by atoms with Gasteiger partial charge in [-0.25, -0.2) is 23.8 Å². The summed E-state index contributed by atoms with van der Waals surface area (Å²) in [6, 6.07) is 1.04. The normalized spacial score (nSPS) is 20.8. The van der Waals surface area contributed by atoms with Crippen LogP contribution in [0.1, 0.15) is 12.8 Å². The van der Waals surface area contributed by atoms with Gasteiger partial charge in [0.2, 0.25) is 0 Å². The van der Waals surface area contributed by atoms with Gasteiger partial charge in [-0.05, 0) is 12.8 Å². The van der Waals surface area contributed by atoms with Crippen molar-refractivity contribution in [2.75, 3.05) is 48.7 Å². The minimum absolute atomic E-state index is 0.00596. The molecule has 5 rings (SSSR count). The first-order valence-electron chi connectivity index (χ1n) is 9.14. The number of rotatable bonds is 2. The molecule has 2 aromatic rings. The summed E-state index contributed by atoms with van der Waals surface area (Å²) in [7, 11) is 1.63. The lowest BCUT2D eigenvalue weighted by Gasteiger charge is -2.52. The third-order valence-electron chi connectivity index (χ3n) is 5.73. The average Bonchev–Trinajstić information content (AvgIpc) is 3.01. The van der Waals surface area contributed by atoms with Gasteiger partial charge in [0.1, 0.15) is 11.5 Å². The number of nitrogens with one attached hydrogen (secondary N) is 1. The average molecular weight is 390 g/mol. The monoisotopic (exact) mass is 390 g/mol. The fraction of sp³-hybridized carbons (Fsp3) is 0.444. The molecule has 148 valence electrons. The fourth-order valence-corrected chi connectivity index (χ4v) is 4.17. The number of hydrazine groups is 2. The van der Waals surface area contributed by atoms with E-state index in [1.165, 1.54) is 16.3 Å². The molecule has 2 N–H and O–H groups in total. The predicted octanol–water partition coefficient (Wildman–Crippen LogP) is 2.40. The Balaban J connectivity index is 1.38. The Kier molecular flexibility index (Phi) is 3.81. The van der Waals surface area contributed by atoms with Crippen LogP contribution in [-0.2, 0) is 4.74 Å². The maximum absolute atomic E-state index is 14.5. The van der Waals surface area contributed by atoms with Crippen molar-refractivity contribution >= 4 is 23.0 Å². The van der Waals surface area contributed by atoms with Crippen LogP contribution in [-0.4, -0.2) is 53.5 Å². The maximum atomic E-state index is 14.5. The number of nitrogens with zero attached hydrogens (tertiary/aromatic N) is 5. The van der Waals surface area contributed by atoms with Crippen LogP contribution < -0.4 is 15.3 Å². The number of phenolic OH excluding ortho intramolecular Hbond substituents is 1. The number of halogens is 2. The lowest BCUT2D eigenvalue weighted by atomic mass is 9.73. The summed E-state index contributed by atoms with van der Waals surface area (Å²) in [6.45, 7) is 3.48. The van der Waals surface area contributed by atoms with Crippen LogP contribution >= 0.6 is 0 Å². The van der Waals surface area contributed by atoms with E-state index in [9.17, 15) is 13.9 Å². The Morgan fingerprint density at radius 3 is 2.50 bits per heavy atom. The molecule has 10 heteroatoms. The quantitative estimate of drug-likeness (QED) is 0.757. The molecular weight excluding hydrogens is 370 g/mol. The van der Waals surface area contributed by atoms with Crippen molar-refractivity contribution in [1.29, 1.82) is 0 Å². The largest absolute Gasteiger partial charge is 0.503 e. The highest BCUT2D eigenvalue weighted by Crippen LogP contribution is 2.45. The second-order valence-corrected chi connectivity index (χ2v) is 7.57. The molecule has 1 aromatic heterocycles. The van der Waals surface area contributed by atoms with E-state index in [0.29, 0.717) is 11.2 Å². The standard InChI is InChI=1S/C18H20F2N6O2/c1-24-23-12-6-11(19)17(27)15(20)16(12)26(24)14-8-21-13(7-22-14)25-9-18(10-25)2-4-28-5-3-18/h6-8,23,27H,2-5,9-10H2,1H3. The lowest BCUT2D eigenvalue weighted by Crippen LogP contribution is -2.58. The number of phenols is 1. The number of aromatic nitrogens is 2. The molecule has 2 fully saturated rings. The minimum Gasteiger partial charge on any atom is -0.503 e. The van der Waals surface area contributed by atoms with Crippen molar-refractivity contribution in [2.45, 2.75) is 12.8 Å². The Hall–Kier alpha value is -2.72. The zero-order chi connectivity index (χ0) is 19.5. The van der Waals surface area contributed by atoms with Crippen molar-refractivity contribution in [1.82, 2.24) is 15.1 Å². The second kappa shape index (κ2) is 6.14. The first kappa shape index (κ1) is 17.4. The summed E-state index contributed by atoms with van der Waals surface area (Å²) in [5.74, 6) is -1.99. The lowest BCUT2D eigenvalue weighted by molar-refractivity contribution is -0.000473. The molecular formula is C18H20F2N6O2. The number of fused-ring (bicyclic) bond motifs is 1. The first-order valence-corrected chi connectivity index (χ1v) is 9.14. The van der Waals surface area contributed by atoms with Gasteiger partial charge in [-0.2, -0.15) is 0 Å². The maximum Gasteiger partial charge on any atom is 0.195 e. The van der Waals surface area contributed by atoms with E-state index in [-0.39, 0.29) is 11.4 Å². The second-order valence-electron chi connectivity index (χ2n) is 7.57. The first-order chi connectivity index (χ1) is 13.5. The zero-order valence-corrected chi connectivity index (χ0v) is 15.3. The van der Waals surface area contributed by atoms with Gasteiger partial charge in [-0.3, -0.25) is 5.43 Å². The van der Waals surface area contributed by atoms with Gasteiger partial charge in [-0.1, -0.05) is 0 Å². The van der Waals surface area contributed by atoms with Gasteiger partial charge in [0, 0.05) is 44.8 Å². The zero-order valence-electron chi connectivity index (χ0n) is 15.3. The van der Waals surface area contributed by atoms with Gasteiger partial charge in [0.15, 0.2) is 23.2 Å². The molecule has 0 bridgehead atoms. The highest BCUT2D eigenvalue weighted by atomic mass is 19.1. The molecule has 0 amide bonds. The van der Waals surface area contributed by atoms with Crippen LogP contribution in [0, 0.1) is 17.0 Å². The molecule has 1 spiro atoms. The molecule has 1 aromatic carbocycles. The number of ether oxygens (including phenoxy) is 1. The summed E-state index contributed by atoms with van der Waals surface area (Å²) in [4.78, 5) is 11.1. The van der Waals surface area contributed by atoms with Crippen LogP contribution in [0.25, 0.3) is 0 Å². The van der Waals surface area contributed by atoms with Crippen LogP contribution in [0.4, 0.5) is 31.8 Å². The highest BCUT2D eigenvalue weighted by molar-refractivity contribution is 5.80. The number of hydrogen-bond donors (Lipinski definition) is 2. The van der Waals surface area contributed by atoms with E-state index in [1.54, 1.807) is 13.2 Å². The topological polar surface area (TPSA) is 77.0 Å². The Morgan fingerprint density at radius 2 is 1.82 bits per heavy atom. The van der Waals surface area contributed by atoms with Crippen LogP contribution in [0.5, 0.6) is 5.75 Å². The molecule has 8 nitrogen and oxygen atoms in total. The van der Waals surface area contributed by atoms with Crippen LogP contribution in [0.2, 0.25) is 0 Å². The third kappa shape index (κ3) is 2.55. The van der Waals surface area contributed by atoms with E-state index in [0.717, 1.165) is 51.0 Å². The summed E-state index contributed by atoms with van der Waals surface area (Å²) in [5, 5.41) is 12.5. The number of anilines is 4. The van der Waals surface area contributed by atoms with Gasteiger partial charge in [0.05, 0.1) is 18.1 Å². The van der Waals surface area contributed by atoms with Gasteiger partial charge < -0.3 is 14.7 Å². The molecule has 0 saturated carbocycles. The van der Waals surface area contributed by atoms with Crippen molar-refractivity contribution in [2.24, 2.45) is 5.41 Å². The molecule has 28 heavy (non-hydrogen) atoms. The summed E-state index contributed by atoms with van der Waals surface area (Å²) >= 11 is 0. The molecule has 0 unspecified atom stereocenters. The van der Waals surface area contributed by atoms with Crippen molar-refractivity contribution in [3.8, 4) is 5.75 Å². The van der Waals surface area contributed by atoms with E-state index < -0.39 is 17.4 Å².